The molecule has 0 spiro atoms. The summed E-state index contributed by atoms with van der Waals surface area (Å²) in [6, 6.07) is 0.713. The van der Waals surface area contributed by atoms with E-state index in [1.54, 1.807) is 0 Å². The van der Waals surface area contributed by atoms with Crippen molar-refractivity contribution in [3.63, 3.8) is 0 Å². The molecule has 0 aromatic heterocycles. The Labute approximate surface area is 268 Å². The molecule has 0 saturated heterocycles. The first kappa shape index (κ1) is 29.1. The number of rotatable bonds is 6. The lowest BCUT2D eigenvalue weighted by molar-refractivity contribution is -0.172. The third-order valence-corrected chi connectivity index (χ3v) is 15.8. The average molecular weight is 603 g/mol. The predicted octanol–water partition coefficient (Wildman–Crippen LogP) is 9.05. The molecule has 11 rings (SSSR count). The highest BCUT2D eigenvalue weighted by Crippen LogP contribution is 2.61. The molecular weight excluding hydrogens is 540 g/mol. The third-order valence-electron chi connectivity index (χ3n) is 15.8. The van der Waals surface area contributed by atoms with Crippen molar-refractivity contribution >= 4 is 11.8 Å². The number of amides is 2. The molecule has 2 atom stereocenters. The molecule has 44 heavy (non-hydrogen) atoms. The van der Waals surface area contributed by atoms with E-state index in [1.807, 2.05) is 0 Å². The fourth-order valence-electron chi connectivity index (χ4n) is 15.0. The number of nitrogens with zero attached hydrogens (tertiary/aromatic N) is 2. The molecule has 11 aliphatic carbocycles. The van der Waals surface area contributed by atoms with E-state index in [1.165, 1.54) is 135 Å². The van der Waals surface area contributed by atoms with Gasteiger partial charge in [0.25, 0.3) is 0 Å². The highest BCUT2D eigenvalue weighted by molar-refractivity contribution is 5.81. The second kappa shape index (κ2) is 11.3. The molecule has 11 fully saturated rings. The molecule has 0 heterocycles. The largest absolute Gasteiger partial charge is 0.334 e. The maximum Gasteiger partial charge on any atom is 0.226 e. The topological polar surface area (TPSA) is 40.6 Å². The van der Waals surface area contributed by atoms with Crippen LogP contribution in [-0.2, 0) is 9.59 Å². The SMILES string of the molecule is O=C(C1CCCCC1)N(C1CCCC(N(C(=O)C2CCCCC2)C23CC4CC(CC(C4)C2)C3)C1)C12CC3CC(CC(C3)C1)C2. The van der Waals surface area contributed by atoms with Gasteiger partial charge in [-0.15, -0.1) is 0 Å². The van der Waals surface area contributed by atoms with Crippen LogP contribution >= 0.6 is 0 Å². The number of hydrogen-bond acceptors (Lipinski definition) is 2. The molecule has 8 bridgehead atoms. The van der Waals surface area contributed by atoms with Crippen molar-refractivity contribution in [3.05, 3.63) is 0 Å². The molecule has 0 aromatic rings. The van der Waals surface area contributed by atoms with Crippen molar-refractivity contribution in [2.24, 2.45) is 47.3 Å². The van der Waals surface area contributed by atoms with Crippen molar-refractivity contribution in [2.45, 2.75) is 190 Å². The Kier molecular flexibility index (Phi) is 7.46. The van der Waals surface area contributed by atoms with Gasteiger partial charge in [0, 0.05) is 35.0 Å². The van der Waals surface area contributed by atoms with E-state index in [-0.39, 0.29) is 22.9 Å². The van der Waals surface area contributed by atoms with E-state index >= 15 is 0 Å². The summed E-state index contributed by atoms with van der Waals surface area (Å²) in [5.41, 5.74) is 0.267. The Bertz CT molecular complexity index is 946. The van der Waals surface area contributed by atoms with Gasteiger partial charge in [-0.1, -0.05) is 38.5 Å². The molecule has 11 saturated carbocycles. The molecule has 11 aliphatic rings. The van der Waals surface area contributed by atoms with E-state index in [9.17, 15) is 9.59 Å². The van der Waals surface area contributed by atoms with Gasteiger partial charge in [0.15, 0.2) is 0 Å². The average Bonchev–Trinajstić information content (AvgIpc) is 3.01. The van der Waals surface area contributed by atoms with Crippen LogP contribution in [-0.4, -0.2) is 44.8 Å². The Morgan fingerprint density at radius 3 is 1.02 bits per heavy atom. The van der Waals surface area contributed by atoms with Crippen LogP contribution in [0.2, 0.25) is 0 Å². The van der Waals surface area contributed by atoms with Crippen LogP contribution in [0.15, 0.2) is 0 Å². The van der Waals surface area contributed by atoms with Crippen LogP contribution < -0.4 is 0 Å². The van der Waals surface area contributed by atoms with Crippen molar-refractivity contribution < 1.29 is 9.59 Å². The second-order valence-corrected chi connectivity index (χ2v) is 18.8. The van der Waals surface area contributed by atoms with Gasteiger partial charge in [-0.3, -0.25) is 9.59 Å². The molecule has 244 valence electrons. The van der Waals surface area contributed by atoms with Gasteiger partial charge in [0.1, 0.15) is 0 Å². The number of carbonyl (C=O) groups excluding carboxylic acids is 2. The summed E-state index contributed by atoms with van der Waals surface area (Å²) >= 11 is 0. The first-order valence-electron chi connectivity index (χ1n) is 20.1. The van der Waals surface area contributed by atoms with Gasteiger partial charge in [-0.05, 0) is 164 Å². The molecule has 2 amide bonds. The van der Waals surface area contributed by atoms with Crippen LogP contribution in [0.4, 0.5) is 0 Å². The number of carbonyl (C=O) groups is 2. The molecule has 0 N–H and O–H groups in total. The van der Waals surface area contributed by atoms with Gasteiger partial charge in [0.2, 0.25) is 11.8 Å². The zero-order chi connectivity index (χ0) is 29.5. The van der Waals surface area contributed by atoms with Gasteiger partial charge >= 0.3 is 0 Å². The van der Waals surface area contributed by atoms with Crippen LogP contribution in [0.1, 0.15) is 167 Å². The molecule has 2 unspecified atom stereocenters. The summed E-state index contributed by atoms with van der Waals surface area (Å²) < 4.78 is 0. The Morgan fingerprint density at radius 2 is 0.705 bits per heavy atom. The molecular formula is C40H62N2O2. The monoisotopic (exact) mass is 602 g/mol. The molecule has 0 aliphatic heterocycles. The normalized spacial score (nSPS) is 46.7. The molecule has 0 radical (unpaired) electrons. The summed E-state index contributed by atoms with van der Waals surface area (Å²) in [4.78, 5) is 35.2. The van der Waals surface area contributed by atoms with E-state index in [0.29, 0.717) is 23.9 Å². The summed E-state index contributed by atoms with van der Waals surface area (Å²) in [6.07, 6.45) is 33.1. The van der Waals surface area contributed by atoms with E-state index in [0.717, 1.165) is 67.6 Å². The van der Waals surface area contributed by atoms with Crippen LogP contribution in [0.5, 0.6) is 0 Å². The fraction of sp³-hybridized carbons (Fsp3) is 0.950. The minimum absolute atomic E-state index is 0.134. The Balaban J connectivity index is 1.05. The maximum atomic E-state index is 14.9. The Morgan fingerprint density at radius 1 is 0.386 bits per heavy atom. The Hall–Kier alpha value is -1.06. The van der Waals surface area contributed by atoms with Crippen molar-refractivity contribution in [1.29, 1.82) is 0 Å². The summed E-state index contributed by atoms with van der Waals surface area (Å²) in [6.45, 7) is 0. The lowest BCUT2D eigenvalue weighted by Gasteiger charge is -2.64. The minimum Gasteiger partial charge on any atom is -0.334 e. The molecule has 4 nitrogen and oxygen atoms in total. The maximum absolute atomic E-state index is 14.9. The lowest BCUT2D eigenvalue weighted by atomic mass is 9.51. The molecule has 0 aromatic carbocycles. The van der Waals surface area contributed by atoms with Crippen LogP contribution in [0, 0.1) is 47.3 Å². The van der Waals surface area contributed by atoms with E-state index in [2.05, 4.69) is 9.80 Å². The van der Waals surface area contributed by atoms with Crippen LogP contribution in [0.3, 0.4) is 0 Å². The minimum atomic E-state index is 0.134. The first-order chi connectivity index (χ1) is 21.5. The van der Waals surface area contributed by atoms with Gasteiger partial charge < -0.3 is 9.80 Å². The van der Waals surface area contributed by atoms with Crippen molar-refractivity contribution in [2.75, 3.05) is 0 Å². The van der Waals surface area contributed by atoms with Crippen molar-refractivity contribution in [3.8, 4) is 0 Å². The zero-order valence-electron chi connectivity index (χ0n) is 27.9. The van der Waals surface area contributed by atoms with Gasteiger partial charge in [0.05, 0.1) is 0 Å². The predicted molar refractivity (Wildman–Crippen MR) is 175 cm³/mol. The first-order valence-corrected chi connectivity index (χ1v) is 20.1. The fourth-order valence-corrected chi connectivity index (χ4v) is 15.0. The third kappa shape index (κ3) is 4.94. The van der Waals surface area contributed by atoms with Crippen molar-refractivity contribution in [1.82, 2.24) is 9.80 Å². The summed E-state index contributed by atoms with van der Waals surface area (Å²) in [7, 11) is 0. The summed E-state index contributed by atoms with van der Waals surface area (Å²) in [5.74, 6) is 6.82. The summed E-state index contributed by atoms with van der Waals surface area (Å²) in [5, 5.41) is 0. The quantitative estimate of drug-likeness (QED) is 0.304. The molecule has 4 heteroatoms. The van der Waals surface area contributed by atoms with E-state index in [4.69, 9.17) is 0 Å². The lowest BCUT2D eigenvalue weighted by Crippen LogP contribution is -2.68. The van der Waals surface area contributed by atoms with E-state index < -0.39 is 0 Å². The highest BCUT2D eigenvalue weighted by Gasteiger charge is 2.59. The standard InChI is InChI=1S/C40H62N2O2/c43-37(33-8-3-1-4-9-33)41(39-21-27-14-28(22-39)16-29(15-27)23-39)35-12-7-13-36(20-35)42(38(44)34-10-5-2-6-11-34)40-24-30-17-31(25-40)19-32(18-30)26-40/h27-36H,1-26H2. The van der Waals surface area contributed by atoms with Crippen LogP contribution in [0.25, 0.3) is 0 Å². The second-order valence-electron chi connectivity index (χ2n) is 18.8. The zero-order valence-corrected chi connectivity index (χ0v) is 27.9. The highest BCUT2D eigenvalue weighted by atomic mass is 16.2. The number of hydrogen-bond donors (Lipinski definition) is 0. The smallest absolute Gasteiger partial charge is 0.226 e. The van der Waals surface area contributed by atoms with Gasteiger partial charge in [-0.25, -0.2) is 0 Å². The van der Waals surface area contributed by atoms with Gasteiger partial charge in [-0.2, -0.15) is 0 Å².